The summed E-state index contributed by atoms with van der Waals surface area (Å²) < 4.78 is 0. The van der Waals surface area contributed by atoms with Crippen molar-refractivity contribution in [3.63, 3.8) is 0 Å². The maximum absolute atomic E-state index is 11.8. The Bertz CT molecular complexity index is 535. The first-order valence-corrected chi connectivity index (χ1v) is 7.66. The summed E-state index contributed by atoms with van der Waals surface area (Å²) in [7, 11) is 0. The van der Waals surface area contributed by atoms with Gasteiger partial charge in [0, 0.05) is 19.0 Å². The van der Waals surface area contributed by atoms with Crippen molar-refractivity contribution in [1.82, 2.24) is 10.3 Å². The quantitative estimate of drug-likeness (QED) is 0.820. The number of rotatable bonds is 5. The second-order valence-electron chi connectivity index (χ2n) is 5.25. The molecule has 0 saturated heterocycles. The van der Waals surface area contributed by atoms with E-state index in [9.17, 15) is 4.79 Å². The van der Waals surface area contributed by atoms with Crippen LogP contribution in [-0.2, 0) is 4.79 Å². The summed E-state index contributed by atoms with van der Waals surface area (Å²) >= 11 is 5.82. The third-order valence-corrected chi connectivity index (χ3v) is 3.75. The molecule has 0 bridgehead atoms. The lowest BCUT2D eigenvalue weighted by atomic mass is 9.95. The Morgan fingerprint density at radius 3 is 2.86 bits per heavy atom. The summed E-state index contributed by atoms with van der Waals surface area (Å²) in [5.74, 6) is 0.571. The van der Waals surface area contributed by atoms with Crippen LogP contribution in [0.4, 0.5) is 5.82 Å². The number of nitrogens with one attached hydrogen (secondary N) is 2. The second-order valence-corrected chi connectivity index (χ2v) is 5.64. The van der Waals surface area contributed by atoms with Crippen LogP contribution in [0, 0.1) is 11.3 Å². The normalized spacial score (nSPS) is 15.2. The Balaban J connectivity index is 1.74. The lowest BCUT2D eigenvalue weighted by Gasteiger charge is -2.22. The fraction of sp³-hybridized carbons (Fsp3) is 0.533. The Morgan fingerprint density at radius 1 is 1.38 bits per heavy atom. The summed E-state index contributed by atoms with van der Waals surface area (Å²) in [5, 5.41) is 15.2. The topological polar surface area (TPSA) is 77.8 Å². The molecule has 0 atom stereocenters. The number of hydrogen-bond donors (Lipinski definition) is 2. The molecule has 2 N–H and O–H groups in total. The fourth-order valence-corrected chi connectivity index (χ4v) is 2.71. The molecule has 1 amide bonds. The molecule has 1 aliphatic carbocycles. The maximum Gasteiger partial charge on any atom is 0.221 e. The molecule has 2 rings (SSSR count). The van der Waals surface area contributed by atoms with E-state index in [1.807, 2.05) is 6.07 Å². The Labute approximate surface area is 129 Å². The van der Waals surface area contributed by atoms with Crippen LogP contribution >= 0.6 is 11.6 Å². The predicted molar refractivity (Wildman–Crippen MR) is 82.1 cm³/mol. The average molecular weight is 307 g/mol. The number of anilines is 1. The Morgan fingerprint density at radius 2 is 2.14 bits per heavy atom. The molecule has 21 heavy (non-hydrogen) atoms. The van der Waals surface area contributed by atoms with Gasteiger partial charge in [-0.2, -0.15) is 5.26 Å². The molecule has 0 aromatic carbocycles. The van der Waals surface area contributed by atoms with Crippen molar-refractivity contribution >= 4 is 23.3 Å². The second kappa shape index (κ2) is 7.84. The minimum atomic E-state index is 0.0527. The zero-order valence-electron chi connectivity index (χ0n) is 11.9. The summed E-state index contributed by atoms with van der Waals surface area (Å²) in [6.07, 6.45) is 6.22. The molecule has 1 saturated carbocycles. The number of amides is 1. The van der Waals surface area contributed by atoms with Crippen LogP contribution in [0.3, 0.4) is 0 Å². The highest BCUT2D eigenvalue weighted by molar-refractivity contribution is 6.29. The van der Waals surface area contributed by atoms with Gasteiger partial charge in [0.15, 0.2) is 0 Å². The summed E-state index contributed by atoms with van der Waals surface area (Å²) in [6.45, 7) is 0.469. The van der Waals surface area contributed by atoms with Gasteiger partial charge in [0.25, 0.3) is 0 Å². The van der Waals surface area contributed by atoms with Crippen molar-refractivity contribution in [2.45, 2.75) is 44.6 Å². The summed E-state index contributed by atoms with van der Waals surface area (Å²) in [5.41, 5.74) is 0.448. The average Bonchev–Trinajstić information content (AvgIpc) is 2.47. The number of nitrogens with zero attached hydrogens (tertiary/aromatic N) is 2. The number of halogens is 1. The van der Waals surface area contributed by atoms with Gasteiger partial charge in [-0.1, -0.05) is 30.9 Å². The van der Waals surface area contributed by atoms with Crippen LogP contribution in [-0.4, -0.2) is 23.5 Å². The molecule has 1 aromatic heterocycles. The van der Waals surface area contributed by atoms with Gasteiger partial charge in [-0.3, -0.25) is 4.79 Å². The van der Waals surface area contributed by atoms with Gasteiger partial charge in [0.05, 0.1) is 11.6 Å². The minimum Gasteiger partial charge on any atom is -0.369 e. The largest absolute Gasteiger partial charge is 0.369 e. The number of carbonyl (C=O) groups is 1. The monoisotopic (exact) mass is 306 g/mol. The van der Waals surface area contributed by atoms with E-state index in [0.29, 0.717) is 30.4 Å². The molecule has 0 aliphatic heterocycles. The van der Waals surface area contributed by atoms with Crippen LogP contribution in [0.5, 0.6) is 0 Å². The molecule has 1 fully saturated rings. The molecular formula is C15H19ClN4O. The van der Waals surface area contributed by atoms with Crippen molar-refractivity contribution in [1.29, 1.82) is 5.26 Å². The molecular weight excluding hydrogens is 288 g/mol. The first-order valence-electron chi connectivity index (χ1n) is 7.28. The molecule has 5 nitrogen and oxygen atoms in total. The van der Waals surface area contributed by atoms with Crippen molar-refractivity contribution in [2.24, 2.45) is 0 Å². The first-order chi connectivity index (χ1) is 10.2. The highest BCUT2D eigenvalue weighted by Crippen LogP contribution is 2.17. The SMILES string of the molecule is N#Cc1cc(Cl)nc(NCCC(=O)NC2CCCCC2)c1. The highest BCUT2D eigenvalue weighted by atomic mass is 35.5. The Kier molecular flexibility index (Phi) is 5.82. The van der Waals surface area contributed by atoms with E-state index in [2.05, 4.69) is 15.6 Å². The van der Waals surface area contributed by atoms with E-state index in [0.717, 1.165) is 12.8 Å². The van der Waals surface area contributed by atoms with Gasteiger partial charge in [-0.05, 0) is 25.0 Å². The number of carbonyl (C=O) groups excluding carboxylic acids is 1. The molecule has 112 valence electrons. The van der Waals surface area contributed by atoms with E-state index >= 15 is 0 Å². The van der Waals surface area contributed by atoms with E-state index in [-0.39, 0.29) is 11.1 Å². The number of hydrogen-bond acceptors (Lipinski definition) is 4. The molecule has 1 aliphatic rings. The van der Waals surface area contributed by atoms with Crippen LogP contribution in [0.2, 0.25) is 5.15 Å². The van der Waals surface area contributed by atoms with Gasteiger partial charge in [0.2, 0.25) is 5.91 Å². The molecule has 1 heterocycles. The smallest absolute Gasteiger partial charge is 0.221 e. The maximum atomic E-state index is 11.8. The van der Waals surface area contributed by atoms with Crippen molar-refractivity contribution in [2.75, 3.05) is 11.9 Å². The number of aromatic nitrogens is 1. The van der Waals surface area contributed by atoms with Gasteiger partial charge < -0.3 is 10.6 Å². The molecule has 6 heteroatoms. The van der Waals surface area contributed by atoms with Crippen LogP contribution in [0.25, 0.3) is 0 Å². The molecule has 0 unspecified atom stereocenters. The van der Waals surface area contributed by atoms with Gasteiger partial charge in [-0.25, -0.2) is 4.98 Å². The van der Waals surface area contributed by atoms with E-state index < -0.39 is 0 Å². The standard InChI is InChI=1S/C15H19ClN4O/c16-13-8-11(10-17)9-14(20-13)18-7-6-15(21)19-12-4-2-1-3-5-12/h8-9,12H,1-7H2,(H,18,20)(H,19,21). The van der Waals surface area contributed by atoms with Gasteiger partial charge >= 0.3 is 0 Å². The van der Waals surface area contributed by atoms with Crippen LogP contribution in [0.1, 0.15) is 44.1 Å². The highest BCUT2D eigenvalue weighted by Gasteiger charge is 2.15. The lowest BCUT2D eigenvalue weighted by molar-refractivity contribution is -0.121. The third-order valence-electron chi connectivity index (χ3n) is 3.55. The number of nitriles is 1. The van der Waals surface area contributed by atoms with E-state index in [4.69, 9.17) is 16.9 Å². The molecule has 1 aromatic rings. The van der Waals surface area contributed by atoms with Crippen LogP contribution in [0.15, 0.2) is 12.1 Å². The van der Waals surface area contributed by atoms with E-state index in [1.54, 1.807) is 6.07 Å². The van der Waals surface area contributed by atoms with Crippen molar-refractivity contribution < 1.29 is 4.79 Å². The van der Waals surface area contributed by atoms with Crippen molar-refractivity contribution in [3.8, 4) is 6.07 Å². The predicted octanol–water partition coefficient (Wildman–Crippen LogP) is 2.86. The zero-order valence-corrected chi connectivity index (χ0v) is 12.6. The summed E-state index contributed by atoms with van der Waals surface area (Å²) in [4.78, 5) is 15.9. The minimum absolute atomic E-state index is 0.0527. The van der Waals surface area contributed by atoms with Gasteiger partial charge in [-0.15, -0.1) is 0 Å². The zero-order chi connectivity index (χ0) is 15.1. The van der Waals surface area contributed by atoms with Crippen LogP contribution < -0.4 is 10.6 Å². The fourth-order valence-electron chi connectivity index (χ4n) is 2.50. The van der Waals surface area contributed by atoms with Gasteiger partial charge in [0.1, 0.15) is 11.0 Å². The van der Waals surface area contributed by atoms with E-state index in [1.165, 1.54) is 25.3 Å². The van der Waals surface area contributed by atoms with Crippen molar-refractivity contribution in [3.05, 3.63) is 22.8 Å². The first kappa shape index (κ1) is 15.6. The summed E-state index contributed by atoms with van der Waals surface area (Å²) in [6, 6.07) is 5.47. The molecule has 0 spiro atoms. The number of pyridine rings is 1. The third kappa shape index (κ3) is 5.24. The Hall–Kier alpha value is -1.80. The lowest BCUT2D eigenvalue weighted by Crippen LogP contribution is -2.36. The molecule has 0 radical (unpaired) electrons.